The number of fused-ring (bicyclic) bond motifs is 1. The molecular formula is C32H40N4O4S2. The third kappa shape index (κ3) is 6.88. The number of aromatic nitrogens is 2. The standard InChI is InChI=1S/C32H40N4O4S2/c1-19(2)40-31(37)35-24-11-7-21(8-12-24)30-34-18-28(41-30)26-14-10-23(16-29(26)42(38,39)36-32(4,5)6)22-9-13-25-20(3)17-33-27(25)15-22/h9-10,13-19,21,24,33,36H,7-8,11-12H2,1-6H3,(H,35,37). The largest absolute Gasteiger partial charge is 0.447 e. The van der Waals surface area contributed by atoms with E-state index in [1.165, 1.54) is 5.56 Å². The number of alkyl carbamates (subject to hydrolysis) is 1. The van der Waals surface area contributed by atoms with Crippen LogP contribution in [0, 0.1) is 6.92 Å². The Hall–Kier alpha value is -3.21. The molecule has 1 aliphatic carbocycles. The molecule has 4 aromatic rings. The van der Waals surface area contributed by atoms with Gasteiger partial charge >= 0.3 is 6.09 Å². The van der Waals surface area contributed by atoms with E-state index in [1.807, 2.05) is 59.0 Å². The van der Waals surface area contributed by atoms with E-state index in [2.05, 4.69) is 34.1 Å². The predicted octanol–water partition coefficient (Wildman–Crippen LogP) is 7.50. The van der Waals surface area contributed by atoms with Crippen molar-refractivity contribution in [1.29, 1.82) is 0 Å². The molecule has 1 amide bonds. The van der Waals surface area contributed by atoms with Gasteiger partial charge in [-0.3, -0.25) is 0 Å². The van der Waals surface area contributed by atoms with Crippen molar-refractivity contribution in [3.05, 3.63) is 59.4 Å². The molecule has 2 heterocycles. The average molecular weight is 609 g/mol. The number of sulfonamides is 1. The fourth-order valence-electron chi connectivity index (χ4n) is 5.54. The lowest BCUT2D eigenvalue weighted by Gasteiger charge is -2.28. The van der Waals surface area contributed by atoms with Crippen LogP contribution in [0.15, 0.2) is 53.7 Å². The average Bonchev–Trinajstić information content (AvgIpc) is 3.54. The van der Waals surface area contributed by atoms with Crippen molar-refractivity contribution in [2.24, 2.45) is 0 Å². The molecule has 42 heavy (non-hydrogen) atoms. The molecule has 8 nitrogen and oxygen atoms in total. The Bertz CT molecular complexity index is 1690. The number of amides is 1. The molecule has 0 saturated heterocycles. The molecule has 3 N–H and O–H groups in total. The minimum absolute atomic E-state index is 0.0915. The molecule has 1 aliphatic rings. The lowest BCUT2D eigenvalue weighted by molar-refractivity contribution is 0.109. The molecule has 0 spiro atoms. The van der Waals surface area contributed by atoms with E-state index in [4.69, 9.17) is 9.72 Å². The van der Waals surface area contributed by atoms with Crippen LogP contribution in [0.5, 0.6) is 0 Å². The van der Waals surface area contributed by atoms with Crippen molar-refractivity contribution in [3.63, 3.8) is 0 Å². The number of hydrogen-bond donors (Lipinski definition) is 3. The summed E-state index contributed by atoms with van der Waals surface area (Å²) in [6, 6.07) is 11.9. The number of aromatic amines is 1. The molecular weight excluding hydrogens is 569 g/mol. The summed E-state index contributed by atoms with van der Waals surface area (Å²) in [5, 5.41) is 5.12. The number of carbonyl (C=O) groups is 1. The molecule has 224 valence electrons. The van der Waals surface area contributed by atoms with Gasteiger partial charge in [0.1, 0.15) is 0 Å². The van der Waals surface area contributed by atoms with Crippen LogP contribution in [0.3, 0.4) is 0 Å². The van der Waals surface area contributed by atoms with Gasteiger partial charge in [0.2, 0.25) is 10.0 Å². The molecule has 0 unspecified atom stereocenters. The van der Waals surface area contributed by atoms with Crippen LogP contribution < -0.4 is 10.0 Å². The number of nitrogens with one attached hydrogen (secondary N) is 3. The Morgan fingerprint density at radius 3 is 2.45 bits per heavy atom. The van der Waals surface area contributed by atoms with E-state index in [1.54, 1.807) is 23.6 Å². The van der Waals surface area contributed by atoms with E-state index in [0.29, 0.717) is 5.56 Å². The summed E-state index contributed by atoms with van der Waals surface area (Å²) in [6.07, 6.45) is 6.75. The highest BCUT2D eigenvalue weighted by Crippen LogP contribution is 2.40. The van der Waals surface area contributed by atoms with E-state index >= 15 is 0 Å². The number of nitrogens with zero attached hydrogens (tertiary/aromatic N) is 1. The molecule has 5 rings (SSSR count). The Kier molecular flexibility index (Phi) is 8.51. The number of thiazole rings is 1. The highest BCUT2D eigenvalue weighted by atomic mass is 32.2. The maximum absolute atomic E-state index is 13.8. The van der Waals surface area contributed by atoms with Gasteiger partial charge in [-0.15, -0.1) is 11.3 Å². The van der Waals surface area contributed by atoms with Crippen LogP contribution in [0.4, 0.5) is 4.79 Å². The maximum Gasteiger partial charge on any atom is 0.407 e. The van der Waals surface area contributed by atoms with Crippen LogP contribution in [-0.4, -0.2) is 42.2 Å². The molecule has 0 atom stereocenters. The first-order valence-electron chi connectivity index (χ1n) is 14.5. The van der Waals surface area contributed by atoms with Gasteiger partial charge in [-0.1, -0.05) is 24.3 Å². The number of carbonyl (C=O) groups excluding carboxylic acids is 1. The topological polar surface area (TPSA) is 113 Å². The monoisotopic (exact) mass is 608 g/mol. The molecule has 1 fully saturated rings. The minimum atomic E-state index is -3.84. The molecule has 10 heteroatoms. The Balaban J connectivity index is 1.42. The van der Waals surface area contributed by atoms with Gasteiger partial charge < -0.3 is 15.0 Å². The highest BCUT2D eigenvalue weighted by Gasteiger charge is 2.29. The van der Waals surface area contributed by atoms with Crippen LogP contribution in [0.25, 0.3) is 32.5 Å². The molecule has 1 saturated carbocycles. The molecule has 0 aliphatic heterocycles. The second-order valence-electron chi connectivity index (χ2n) is 12.5. The lowest BCUT2D eigenvalue weighted by atomic mass is 9.86. The molecule has 0 radical (unpaired) electrons. The Morgan fingerprint density at radius 1 is 1.07 bits per heavy atom. The quantitative estimate of drug-likeness (QED) is 0.201. The van der Waals surface area contributed by atoms with Gasteiger partial charge in [-0.05, 0) is 96.0 Å². The zero-order chi connectivity index (χ0) is 30.2. The van der Waals surface area contributed by atoms with Crippen molar-refractivity contribution >= 4 is 38.4 Å². The number of rotatable bonds is 7. The fourth-order valence-corrected chi connectivity index (χ4v) is 8.39. The van der Waals surface area contributed by atoms with Crippen molar-refractivity contribution in [2.45, 2.75) is 95.7 Å². The van der Waals surface area contributed by atoms with Crippen molar-refractivity contribution in [2.75, 3.05) is 0 Å². The highest BCUT2D eigenvalue weighted by molar-refractivity contribution is 7.89. The first kappa shape index (κ1) is 30.3. The predicted molar refractivity (Wildman–Crippen MR) is 169 cm³/mol. The summed E-state index contributed by atoms with van der Waals surface area (Å²) in [5.74, 6) is 0.269. The normalized spacial score (nSPS) is 18.0. The Morgan fingerprint density at radius 2 is 1.76 bits per heavy atom. The number of hydrogen-bond acceptors (Lipinski definition) is 6. The van der Waals surface area contributed by atoms with Crippen molar-refractivity contribution < 1.29 is 17.9 Å². The zero-order valence-corrected chi connectivity index (χ0v) is 26.7. The zero-order valence-electron chi connectivity index (χ0n) is 25.1. The number of H-pyrrole nitrogens is 1. The van der Waals surface area contributed by atoms with Crippen LogP contribution in [0.2, 0.25) is 0 Å². The minimum Gasteiger partial charge on any atom is -0.447 e. The van der Waals surface area contributed by atoms with E-state index in [9.17, 15) is 13.2 Å². The first-order valence-corrected chi connectivity index (χ1v) is 16.8. The van der Waals surface area contributed by atoms with Gasteiger partial charge in [0.15, 0.2) is 0 Å². The van der Waals surface area contributed by atoms with Crippen molar-refractivity contribution in [3.8, 4) is 21.6 Å². The smallest absolute Gasteiger partial charge is 0.407 e. The van der Waals surface area contributed by atoms with E-state index in [0.717, 1.165) is 57.6 Å². The fraction of sp³-hybridized carbons (Fsp3) is 0.438. The third-order valence-electron chi connectivity index (χ3n) is 7.46. The first-order chi connectivity index (χ1) is 19.8. The lowest BCUT2D eigenvalue weighted by Crippen LogP contribution is -2.40. The van der Waals surface area contributed by atoms with Gasteiger partial charge in [-0.25, -0.2) is 22.9 Å². The summed E-state index contributed by atoms with van der Waals surface area (Å²) in [6.45, 7) is 11.3. The second-order valence-corrected chi connectivity index (χ2v) is 15.2. The van der Waals surface area contributed by atoms with E-state index in [-0.39, 0.29) is 29.1 Å². The summed E-state index contributed by atoms with van der Waals surface area (Å²) in [4.78, 5) is 21.1. The van der Waals surface area contributed by atoms with Gasteiger partial charge in [0, 0.05) is 46.4 Å². The summed E-state index contributed by atoms with van der Waals surface area (Å²) in [5.41, 5.74) is 3.95. The van der Waals surface area contributed by atoms with Crippen LogP contribution in [-0.2, 0) is 14.8 Å². The number of ether oxygens (including phenoxy) is 1. The maximum atomic E-state index is 13.8. The number of benzene rings is 2. The SMILES string of the molecule is Cc1c[nH]c2cc(-c3ccc(-c4cnc(C5CCC(NC(=O)OC(C)C)CC5)s4)c(S(=O)(=O)NC(C)(C)C)c3)ccc12. The van der Waals surface area contributed by atoms with Gasteiger partial charge in [0.25, 0.3) is 0 Å². The summed E-state index contributed by atoms with van der Waals surface area (Å²) < 4.78 is 35.6. The summed E-state index contributed by atoms with van der Waals surface area (Å²) in [7, 11) is -3.84. The van der Waals surface area contributed by atoms with Gasteiger partial charge in [-0.2, -0.15) is 0 Å². The van der Waals surface area contributed by atoms with Crippen LogP contribution in [0.1, 0.15) is 76.8 Å². The van der Waals surface area contributed by atoms with Crippen LogP contribution >= 0.6 is 11.3 Å². The molecule has 0 bridgehead atoms. The third-order valence-corrected chi connectivity index (χ3v) is 10.5. The van der Waals surface area contributed by atoms with E-state index < -0.39 is 15.6 Å². The van der Waals surface area contributed by atoms with Gasteiger partial charge in [0.05, 0.1) is 20.9 Å². The summed E-state index contributed by atoms with van der Waals surface area (Å²) >= 11 is 1.55. The molecule has 2 aromatic heterocycles. The molecule has 2 aromatic carbocycles. The van der Waals surface area contributed by atoms with Crippen molar-refractivity contribution in [1.82, 2.24) is 20.0 Å². The second kappa shape index (κ2) is 11.8. The Labute approximate surface area is 252 Å². The number of aryl methyl sites for hydroxylation is 1.